The number of benzene rings is 2. The summed E-state index contributed by atoms with van der Waals surface area (Å²) in [6.45, 7) is 6.57. The van der Waals surface area contributed by atoms with Gasteiger partial charge in [0.05, 0.1) is 16.7 Å². The van der Waals surface area contributed by atoms with Gasteiger partial charge in [-0.15, -0.1) is 0 Å². The number of para-hydroxylation sites is 1. The van der Waals surface area contributed by atoms with Crippen molar-refractivity contribution in [3.05, 3.63) is 65.9 Å². The third-order valence-corrected chi connectivity index (χ3v) is 4.32. The lowest BCUT2D eigenvalue weighted by atomic mass is 9.89. The molecule has 0 saturated heterocycles. The molecule has 0 amide bonds. The molecule has 20 heavy (non-hydrogen) atoms. The molecule has 1 unspecified atom stereocenters. The molecule has 3 rings (SSSR count). The maximum Gasteiger partial charge on any atom is 0.0852 e. The molecule has 3 aromatic rings. The number of fused-ring (bicyclic) bond motifs is 1. The van der Waals surface area contributed by atoms with E-state index in [0.717, 1.165) is 12.1 Å². The van der Waals surface area contributed by atoms with E-state index >= 15 is 0 Å². The Bertz CT molecular complexity index is 728. The topological polar surface area (TPSA) is 17.8 Å². The fraction of sp³-hybridized carbons (Fsp3) is 0.278. The summed E-state index contributed by atoms with van der Waals surface area (Å²) in [5, 5.41) is 6.06. The summed E-state index contributed by atoms with van der Waals surface area (Å²) in [4.78, 5) is 0. The Balaban J connectivity index is 2.27. The Kier molecular flexibility index (Phi) is 3.09. The molecule has 0 aliphatic rings. The van der Waals surface area contributed by atoms with Gasteiger partial charge in [0.2, 0.25) is 0 Å². The van der Waals surface area contributed by atoms with Crippen LogP contribution in [0.4, 0.5) is 0 Å². The Morgan fingerprint density at radius 2 is 1.65 bits per heavy atom. The van der Waals surface area contributed by atoms with Crippen molar-refractivity contribution in [1.29, 1.82) is 0 Å². The van der Waals surface area contributed by atoms with Crippen LogP contribution in [0.2, 0.25) is 0 Å². The molecule has 0 aliphatic carbocycles. The lowest BCUT2D eigenvalue weighted by molar-refractivity contribution is 0.351. The second kappa shape index (κ2) is 4.78. The van der Waals surface area contributed by atoms with Gasteiger partial charge in [0, 0.05) is 5.39 Å². The largest absolute Gasteiger partial charge is 0.254 e. The van der Waals surface area contributed by atoms with Gasteiger partial charge in [0.25, 0.3) is 0 Å². The molecule has 0 bridgehead atoms. The van der Waals surface area contributed by atoms with Gasteiger partial charge in [0.15, 0.2) is 0 Å². The molecule has 102 valence electrons. The van der Waals surface area contributed by atoms with Gasteiger partial charge in [-0.3, -0.25) is 4.68 Å². The highest BCUT2D eigenvalue weighted by atomic mass is 15.3. The Morgan fingerprint density at radius 1 is 1.00 bits per heavy atom. The number of aromatic nitrogens is 2. The molecule has 0 radical (unpaired) electrons. The van der Waals surface area contributed by atoms with Crippen LogP contribution in [0.3, 0.4) is 0 Å². The van der Waals surface area contributed by atoms with Crippen molar-refractivity contribution in [1.82, 2.24) is 9.78 Å². The van der Waals surface area contributed by atoms with Gasteiger partial charge >= 0.3 is 0 Å². The molecule has 2 heteroatoms. The van der Waals surface area contributed by atoms with Gasteiger partial charge < -0.3 is 0 Å². The Morgan fingerprint density at radius 3 is 2.35 bits per heavy atom. The Hall–Kier alpha value is -2.09. The third kappa shape index (κ3) is 1.83. The minimum atomic E-state index is -0.116. The van der Waals surface area contributed by atoms with E-state index in [1.807, 2.05) is 0 Å². The van der Waals surface area contributed by atoms with E-state index in [1.54, 1.807) is 0 Å². The van der Waals surface area contributed by atoms with Crippen LogP contribution >= 0.6 is 0 Å². The first-order valence-corrected chi connectivity index (χ1v) is 7.17. The van der Waals surface area contributed by atoms with Crippen LogP contribution < -0.4 is 0 Å². The van der Waals surface area contributed by atoms with E-state index < -0.39 is 0 Å². The van der Waals surface area contributed by atoms with Crippen LogP contribution in [0, 0.1) is 6.92 Å². The van der Waals surface area contributed by atoms with Crippen molar-refractivity contribution in [2.45, 2.75) is 32.7 Å². The maximum atomic E-state index is 4.83. The van der Waals surface area contributed by atoms with Gasteiger partial charge in [-0.1, -0.05) is 55.5 Å². The van der Waals surface area contributed by atoms with Crippen LogP contribution in [-0.4, -0.2) is 9.78 Å². The molecule has 1 aromatic heterocycles. The molecule has 1 atom stereocenters. The van der Waals surface area contributed by atoms with Crippen LogP contribution in [0.25, 0.3) is 10.9 Å². The van der Waals surface area contributed by atoms with Crippen molar-refractivity contribution in [3.8, 4) is 0 Å². The fourth-order valence-electron chi connectivity index (χ4n) is 2.87. The first-order chi connectivity index (χ1) is 9.66. The van der Waals surface area contributed by atoms with Crippen LogP contribution in [0.15, 0.2) is 54.6 Å². The molecule has 0 N–H and O–H groups in total. The zero-order valence-corrected chi connectivity index (χ0v) is 12.3. The molecule has 0 fully saturated rings. The average Bonchev–Trinajstić information content (AvgIpc) is 2.85. The van der Waals surface area contributed by atoms with Crippen molar-refractivity contribution >= 4 is 10.9 Å². The van der Waals surface area contributed by atoms with Gasteiger partial charge in [-0.05, 0) is 31.9 Å². The summed E-state index contributed by atoms with van der Waals surface area (Å²) in [6.07, 6.45) is 1.00. The van der Waals surface area contributed by atoms with E-state index in [9.17, 15) is 0 Å². The Labute approximate surface area is 120 Å². The average molecular weight is 264 g/mol. The molecule has 0 spiro atoms. The summed E-state index contributed by atoms with van der Waals surface area (Å²) in [6, 6.07) is 19.1. The summed E-state index contributed by atoms with van der Waals surface area (Å²) < 4.78 is 2.19. The van der Waals surface area contributed by atoms with E-state index in [0.29, 0.717) is 0 Å². The normalized spacial score (nSPS) is 14.3. The first-order valence-electron chi connectivity index (χ1n) is 7.17. The first kappa shape index (κ1) is 12.9. The van der Waals surface area contributed by atoms with Crippen molar-refractivity contribution in [2.24, 2.45) is 0 Å². The monoisotopic (exact) mass is 264 g/mol. The van der Waals surface area contributed by atoms with Gasteiger partial charge in [-0.2, -0.15) is 5.10 Å². The minimum Gasteiger partial charge on any atom is -0.254 e. The zero-order chi connectivity index (χ0) is 14.2. The lowest BCUT2D eigenvalue weighted by Gasteiger charge is -2.30. The highest BCUT2D eigenvalue weighted by Crippen LogP contribution is 2.33. The molecular weight excluding hydrogens is 244 g/mol. The molecule has 0 aliphatic heterocycles. The van der Waals surface area contributed by atoms with Crippen molar-refractivity contribution < 1.29 is 0 Å². The molecule has 2 aromatic carbocycles. The van der Waals surface area contributed by atoms with Crippen LogP contribution in [0.5, 0.6) is 0 Å². The number of hydrogen-bond donors (Lipinski definition) is 0. The minimum absolute atomic E-state index is 0.116. The number of hydrogen-bond acceptors (Lipinski definition) is 1. The quantitative estimate of drug-likeness (QED) is 0.680. The van der Waals surface area contributed by atoms with Gasteiger partial charge in [0.1, 0.15) is 0 Å². The van der Waals surface area contributed by atoms with Crippen molar-refractivity contribution in [3.63, 3.8) is 0 Å². The van der Waals surface area contributed by atoms with Gasteiger partial charge in [-0.25, -0.2) is 0 Å². The lowest BCUT2D eigenvalue weighted by Crippen LogP contribution is -2.31. The molecule has 2 nitrogen and oxygen atoms in total. The predicted octanol–water partition coefficient (Wildman–Crippen LogP) is 4.52. The standard InChI is InChI=1S/C18H20N2/c1-4-18(3,15-10-6-5-7-11-15)20-17-13-9-8-12-16(17)14(2)19-20/h5-13H,4H2,1-3H3. The second-order valence-corrected chi connectivity index (χ2v) is 5.51. The third-order valence-electron chi connectivity index (χ3n) is 4.32. The second-order valence-electron chi connectivity index (χ2n) is 5.51. The molecule has 1 heterocycles. The van der Waals surface area contributed by atoms with E-state index in [2.05, 4.69) is 80.1 Å². The smallest absolute Gasteiger partial charge is 0.0852 e. The summed E-state index contributed by atoms with van der Waals surface area (Å²) in [7, 11) is 0. The van der Waals surface area contributed by atoms with Crippen LogP contribution in [-0.2, 0) is 5.54 Å². The van der Waals surface area contributed by atoms with E-state index in [1.165, 1.54) is 16.5 Å². The zero-order valence-electron chi connectivity index (χ0n) is 12.3. The molecule has 0 saturated carbocycles. The number of rotatable bonds is 3. The predicted molar refractivity (Wildman–Crippen MR) is 84.0 cm³/mol. The number of nitrogens with zero attached hydrogens (tertiary/aromatic N) is 2. The van der Waals surface area contributed by atoms with Crippen molar-refractivity contribution in [2.75, 3.05) is 0 Å². The fourth-order valence-corrected chi connectivity index (χ4v) is 2.87. The highest BCUT2D eigenvalue weighted by molar-refractivity contribution is 5.82. The number of aryl methyl sites for hydroxylation is 1. The summed E-state index contributed by atoms with van der Waals surface area (Å²) in [5.74, 6) is 0. The highest BCUT2D eigenvalue weighted by Gasteiger charge is 2.29. The SMILES string of the molecule is CCC(C)(c1ccccc1)n1nc(C)c2ccccc21. The van der Waals surface area contributed by atoms with E-state index in [4.69, 9.17) is 5.10 Å². The summed E-state index contributed by atoms with van der Waals surface area (Å²) in [5.41, 5.74) is 3.49. The molecular formula is C18H20N2. The summed E-state index contributed by atoms with van der Waals surface area (Å²) >= 11 is 0. The van der Waals surface area contributed by atoms with Crippen LogP contribution in [0.1, 0.15) is 31.5 Å². The van der Waals surface area contributed by atoms with E-state index in [-0.39, 0.29) is 5.54 Å². The maximum absolute atomic E-state index is 4.83.